The molecule has 3 saturated carbocycles. The minimum atomic E-state index is -0.701. The minimum Gasteiger partial charge on any atom is -0.462 e. The molecule has 0 aromatic heterocycles. The summed E-state index contributed by atoms with van der Waals surface area (Å²) in [6.45, 7) is 13.9. The molecule has 4 aliphatic rings. The molecule has 0 heterocycles. The molecule has 0 bridgehead atoms. The van der Waals surface area contributed by atoms with Crippen molar-refractivity contribution in [1.29, 1.82) is 0 Å². The second kappa shape index (κ2) is 9.75. The molecule has 36 heavy (non-hydrogen) atoms. The molecular formula is C31H50O5. The number of rotatable bonds is 7. The number of hydrogen-bond donors (Lipinski definition) is 1. The molecule has 1 N–H and O–H groups in total. The van der Waals surface area contributed by atoms with Crippen LogP contribution < -0.4 is 0 Å². The van der Waals surface area contributed by atoms with Gasteiger partial charge in [-0.1, -0.05) is 25.5 Å². The minimum absolute atomic E-state index is 0.0384. The van der Waals surface area contributed by atoms with Gasteiger partial charge in [-0.2, -0.15) is 0 Å². The van der Waals surface area contributed by atoms with Crippen molar-refractivity contribution in [1.82, 2.24) is 0 Å². The highest BCUT2D eigenvalue weighted by atomic mass is 16.6. The summed E-state index contributed by atoms with van der Waals surface area (Å²) in [5.41, 5.74) is 0.708. The lowest BCUT2D eigenvalue weighted by molar-refractivity contribution is -0.173. The Morgan fingerprint density at radius 3 is 2.36 bits per heavy atom. The van der Waals surface area contributed by atoms with E-state index < -0.39 is 11.2 Å². The molecule has 3 fully saturated rings. The Balaban J connectivity index is 1.55. The highest BCUT2D eigenvalue weighted by Crippen LogP contribution is 2.68. The quantitative estimate of drug-likeness (QED) is 0.307. The molecule has 204 valence electrons. The van der Waals surface area contributed by atoms with Gasteiger partial charge >= 0.3 is 11.9 Å². The standard InChI is InChI=1S/C31H50O5/c1-20(32)35-23-13-17-29(5)22(19-23)9-10-24-25-11-12-27(30(25,6)18-14-26(24)29)31(7,36-21(2)33)16-8-15-28(3,4)34/h9,23-27,34H,8,10-19H2,1-7H3/t23-,24-,25-,26-,27-,29-,30-,31-/m0/s1. The molecule has 0 amide bonds. The molecule has 0 radical (unpaired) electrons. The van der Waals surface area contributed by atoms with Crippen LogP contribution in [0.4, 0.5) is 0 Å². The highest BCUT2D eigenvalue weighted by Gasteiger charge is 2.62. The predicted octanol–water partition coefficient (Wildman–Crippen LogP) is 6.76. The predicted molar refractivity (Wildman–Crippen MR) is 141 cm³/mol. The molecule has 8 atom stereocenters. The van der Waals surface area contributed by atoms with Gasteiger partial charge in [-0.25, -0.2) is 0 Å². The second-order valence-electron chi connectivity index (χ2n) is 14.0. The zero-order valence-electron chi connectivity index (χ0n) is 23.8. The summed E-state index contributed by atoms with van der Waals surface area (Å²) in [5.74, 6) is 1.99. The molecule has 5 nitrogen and oxygen atoms in total. The third kappa shape index (κ3) is 5.15. The Bertz CT molecular complexity index is 886. The molecule has 0 aromatic carbocycles. The molecular weight excluding hydrogens is 452 g/mol. The van der Waals surface area contributed by atoms with Crippen LogP contribution in [0.5, 0.6) is 0 Å². The fraction of sp³-hybridized carbons (Fsp3) is 0.871. The van der Waals surface area contributed by atoms with E-state index in [-0.39, 0.29) is 28.9 Å². The Labute approximate surface area is 218 Å². The maximum atomic E-state index is 12.3. The summed E-state index contributed by atoms with van der Waals surface area (Å²) in [6, 6.07) is 0. The Morgan fingerprint density at radius 2 is 1.72 bits per heavy atom. The van der Waals surface area contributed by atoms with Crippen LogP contribution in [0, 0.1) is 34.5 Å². The molecule has 0 aliphatic heterocycles. The van der Waals surface area contributed by atoms with Crippen LogP contribution in [-0.2, 0) is 19.1 Å². The van der Waals surface area contributed by atoms with E-state index in [2.05, 4.69) is 26.8 Å². The Hall–Kier alpha value is -1.36. The topological polar surface area (TPSA) is 72.8 Å². The van der Waals surface area contributed by atoms with Crippen LogP contribution in [0.15, 0.2) is 11.6 Å². The van der Waals surface area contributed by atoms with Gasteiger partial charge in [0.2, 0.25) is 0 Å². The van der Waals surface area contributed by atoms with E-state index in [1.165, 1.54) is 31.8 Å². The maximum Gasteiger partial charge on any atom is 0.303 e. The van der Waals surface area contributed by atoms with E-state index in [0.717, 1.165) is 44.9 Å². The largest absolute Gasteiger partial charge is 0.462 e. The van der Waals surface area contributed by atoms with E-state index in [1.54, 1.807) is 6.92 Å². The number of fused-ring (bicyclic) bond motifs is 5. The van der Waals surface area contributed by atoms with Crippen LogP contribution in [0.2, 0.25) is 0 Å². The van der Waals surface area contributed by atoms with Crippen molar-refractivity contribution in [2.75, 3.05) is 0 Å². The van der Waals surface area contributed by atoms with Gasteiger partial charge in [0.05, 0.1) is 5.60 Å². The van der Waals surface area contributed by atoms with Crippen molar-refractivity contribution >= 4 is 11.9 Å². The zero-order valence-corrected chi connectivity index (χ0v) is 23.8. The number of ether oxygens (including phenoxy) is 2. The first kappa shape index (κ1) is 27.7. The van der Waals surface area contributed by atoms with Crippen LogP contribution in [0.1, 0.15) is 119 Å². The number of esters is 2. The van der Waals surface area contributed by atoms with Gasteiger partial charge in [0.15, 0.2) is 0 Å². The first-order valence-electron chi connectivity index (χ1n) is 14.5. The average Bonchev–Trinajstić information content (AvgIpc) is 3.10. The van der Waals surface area contributed by atoms with Gasteiger partial charge in [0.25, 0.3) is 0 Å². The van der Waals surface area contributed by atoms with Crippen molar-refractivity contribution in [2.45, 2.75) is 136 Å². The highest BCUT2D eigenvalue weighted by molar-refractivity contribution is 5.66. The fourth-order valence-electron chi connectivity index (χ4n) is 9.46. The SMILES string of the molecule is CC(=O)O[C@H]1CC[C@@]2(C)C(=CC[C@H]3[C@@H]4CC[C@H]([C@](C)(CCCC(C)(C)O)OC(C)=O)[C@@]4(C)CC[C@@H]32)C1. The summed E-state index contributed by atoms with van der Waals surface area (Å²) in [5, 5.41) is 10.3. The van der Waals surface area contributed by atoms with Crippen molar-refractivity contribution in [3.05, 3.63) is 11.6 Å². The lowest BCUT2D eigenvalue weighted by atomic mass is 9.46. The fourth-order valence-corrected chi connectivity index (χ4v) is 9.46. The van der Waals surface area contributed by atoms with Gasteiger partial charge in [0.1, 0.15) is 11.7 Å². The summed E-state index contributed by atoms with van der Waals surface area (Å²) >= 11 is 0. The van der Waals surface area contributed by atoms with Crippen molar-refractivity contribution < 1.29 is 24.2 Å². The monoisotopic (exact) mass is 502 g/mol. The number of aliphatic hydroxyl groups is 1. The van der Waals surface area contributed by atoms with Crippen molar-refractivity contribution in [2.24, 2.45) is 34.5 Å². The van der Waals surface area contributed by atoms with E-state index in [1.807, 2.05) is 13.8 Å². The Kier molecular flexibility index (Phi) is 7.49. The van der Waals surface area contributed by atoms with Gasteiger partial charge in [0, 0.05) is 26.2 Å². The van der Waals surface area contributed by atoms with Crippen LogP contribution >= 0.6 is 0 Å². The number of hydrogen-bond acceptors (Lipinski definition) is 5. The van der Waals surface area contributed by atoms with E-state index in [4.69, 9.17) is 9.47 Å². The third-order valence-corrected chi connectivity index (χ3v) is 11.0. The van der Waals surface area contributed by atoms with E-state index in [9.17, 15) is 14.7 Å². The molecule has 5 heteroatoms. The first-order valence-corrected chi connectivity index (χ1v) is 14.5. The van der Waals surface area contributed by atoms with Gasteiger partial charge < -0.3 is 14.6 Å². The van der Waals surface area contributed by atoms with Crippen LogP contribution in [0.25, 0.3) is 0 Å². The van der Waals surface area contributed by atoms with Gasteiger partial charge in [-0.3, -0.25) is 9.59 Å². The van der Waals surface area contributed by atoms with Crippen LogP contribution in [-0.4, -0.2) is 34.4 Å². The lowest BCUT2D eigenvalue weighted by Gasteiger charge is -2.59. The summed E-state index contributed by atoms with van der Waals surface area (Å²) in [6.07, 6.45) is 13.7. The number of carbonyl (C=O) groups excluding carboxylic acids is 2. The third-order valence-electron chi connectivity index (χ3n) is 11.0. The smallest absolute Gasteiger partial charge is 0.303 e. The second-order valence-corrected chi connectivity index (χ2v) is 14.0. The summed E-state index contributed by atoms with van der Waals surface area (Å²) in [7, 11) is 0. The zero-order chi connectivity index (χ0) is 26.5. The number of carbonyl (C=O) groups is 2. The molecule has 0 spiro atoms. The van der Waals surface area contributed by atoms with Gasteiger partial charge in [-0.15, -0.1) is 0 Å². The molecule has 4 rings (SSSR count). The summed E-state index contributed by atoms with van der Waals surface area (Å²) < 4.78 is 11.8. The van der Waals surface area contributed by atoms with Gasteiger partial charge in [-0.05, 0) is 114 Å². The van der Waals surface area contributed by atoms with Crippen LogP contribution in [0.3, 0.4) is 0 Å². The molecule has 0 unspecified atom stereocenters. The molecule has 4 aliphatic carbocycles. The van der Waals surface area contributed by atoms with E-state index in [0.29, 0.717) is 30.1 Å². The number of allylic oxidation sites excluding steroid dienone is 1. The summed E-state index contributed by atoms with van der Waals surface area (Å²) in [4.78, 5) is 23.8. The van der Waals surface area contributed by atoms with Crippen molar-refractivity contribution in [3.8, 4) is 0 Å². The molecule has 0 saturated heterocycles. The normalized spacial score (nSPS) is 39.7. The maximum absolute atomic E-state index is 12.3. The average molecular weight is 503 g/mol. The first-order chi connectivity index (χ1) is 16.7. The Morgan fingerprint density at radius 1 is 1.00 bits per heavy atom. The van der Waals surface area contributed by atoms with Crippen molar-refractivity contribution in [3.63, 3.8) is 0 Å². The van der Waals surface area contributed by atoms with E-state index >= 15 is 0 Å². The lowest BCUT2D eigenvalue weighted by Crippen LogP contribution is -2.53. The molecule has 0 aromatic rings.